The number of carboxylic acid groups (broad SMARTS) is 1. The van der Waals surface area contributed by atoms with Crippen molar-refractivity contribution in [2.75, 3.05) is 20.7 Å². The smallest absolute Gasteiger partial charge is 0.870 e. The second-order valence-corrected chi connectivity index (χ2v) is 5.43. The minimum Gasteiger partial charge on any atom is -0.870 e. The number of methoxy groups -OCH3 is 1. The molecule has 0 atom stereocenters. The molecule has 0 unspecified atom stereocenters. The first-order chi connectivity index (χ1) is 14.0. The molecule has 0 radical (unpaired) electrons. The van der Waals surface area contributed by atoms with E-state index in [-0.39, 0.29) is 43.4 Å². The average Bonchev–Trinajstić information content (AvgIpc) is 3.39. The number of esters is 1. The van der Waals surface area contributed by atoms with Gasteiger partial charge in [0.15, 0.2) is 23.0 Å². The molecule has 0 aromatic heterocycles. The second kappa shape index (κ2) is 13.5. The van der Waals surface area contributed by atoms with Crippen LogP contribution in [-0.4, -0.2) is 48.7 Å². The molecule has 2 aromatic carbocycles. The Kier molecular flexibility index (Phi) is 11.9. The normalized spacial score (nSPS) is 10.5. The Hall–Kier alpha value is -3.78. The summed E-state index contributed by atoms with van der Waals surface area (Å²) < 4.78 is 24.9. The van der Waals surface area contributed by atoms with Crippen molar-refractivity contribution in [3.8, 4) is 46.7 Å². The second-order valence-electron chi connectivity index (χ2n) is 5.43. The Morgan fingerprint density at radius 2 is 1.28 bits per heavy atom. The Labute approximate surface area is 195 Å². The largest absolute Gasteiger partial charge is 1.00 e. The topological polar surface area (TPSA) is 162 Å². The van der Waals surface area contributed by atoms with E-state index in [0.29, 0.717) is 34.1 Å². The van der Waals surface area contributed by atoms with Gasteiger partial charge in [-0.3, -0.25) is 0 Å². The molecule has 0 saturated carbocycles. The molecule has 4 N–H and O–H groups in total. The van der Waals surface area contributed by atoms with Crippen LogP contribution < -0.4 is 37.8 Å². The van der Waals surface area contributed by atoms with E-state index in [2.05, 4.69) is 22.5 Å². The molecule has 2 aromatic rings. The van der Waals surface area contributed by atoms with Crippen LogP contribution >= 0.6 is 0 Å². The van der Waals surface area contributed by atoms with Crippen molar-refractivity contribution < 1.29 is 68.2 Å². The van der Waals surface area contributed by atoms with Crippen LogP contribution in [0.2, 0.25) is 0 Å². The summed E-state index contributed by atoms with van der Waals surface area (Å²) in [6.45, 7) is 0.425. The van der Waals surface area contributed by atoms with Crippen molar-refractivity contribution in [1.82, 2.24) is 0 Å². The van der Waals surface area contributed by atoms with E-state index >= 15 is 0 Å². The fraction of sp³-hybridized carbons (Fsp3) is 0.143. The van der Waals surface area contributed by atoms with Crippen molar-refractivity contribution >= 4 is 11.9 Å². The third-order valence-electron chi connectivity index (χ3n) is 3.55. The third kappa shape index (κ3) is 7.81. The van der Waals surface area contributed by atoms with Crippen molar-refractivity contribution in [3.05, 3.63) is 47.5 Å². The van der Waals surface area contributed by atoms with Crippen molar-refractivity contribution in [1.29, 1.82) is 0 Å². The first-order valence-electron chi connectivity index (χ1n) is 8.19. The van der Waals surface area contributed by atoms with Gasteiger partial charge in [0.1, 0.15) is 0 Å². The summed E-state index contributed by atoms with van der Waals surface area (Å²) in [6, 6.07) is 10.3. The molecule has 2 aliphatic heterocycles. The summed E-state index contributed by atoms with van der Waals surface area (Å²) in [6.07, 6.45) is 0. The maximum absolute atomic E-state index is 10.8. The van der Waals surface area contributed by atoms with Gasteiger partial charge < -0.3 is 39.7 Å². The van der Waals surface area contributed by atoms with E-state index in [0.717, 1.165) is 0 Å². The SMILES string of the molecule is COC(=O)C#Cc1ccc2c(c1)OCO2.O.O=C(O)C#Cc1ccc2c(c1)OCO2.[Li+].[OH-]. The molecule has 0 fully saturated rings. The van der Waals surface area contributed by atoms with Gasteiger partial charge in [0.2, 0.25) is 13.6 Å². The Balaban J connectivity index is 0.000000550. The zero-order valence-corrected chi connectivity index (χ0v) is 17.1. The number of ether oxygens (including phenoxy) is 5. The number of aliphatic carboxylic acids is 1. The van der Waals surface area contributed by atoms with Gasteiger partial charge in [0.05, 0.1) is 7.11 Å². The third-order valence-corrected chi connectivity index (χ3v) is 3.55. The Morgan fingerprint density at radius 3 is 1.72 bits per heavy atom. The van der Waals surface area contributed by atoms with Crippen LogP contribution in [-0.2, 0) is 14.3 Å². The molecule has 11 heteroatoms. The Morgan fingerprint density at radius 1 is 0.844 bits per heavy atom. The number of hydrogen-bond donors (Lipinski definition) is 1. The predicted molar refractivity (Wildman–Crippen MR) is 104 cm³/mol. The van der Waals surface area contributed by atoms with Gasteiger partial charge in [-0.25, -0.2) is 9.59 Å². The van der Waals surface area contributed by atoms with Crippen LogP contribution in [0, 0.1) is 23.7 Å². The fourth-order valence-electron chi connectivity index (χ4n) is 2.25. The maximum atomic E-state index is 10.8. The van der Waals surface area contributed by atoms with E-state index in [1.54, 1.807) is 36.4 Å². The summed E-state index contributed by atoms with van der Waals surface area (Å²) in [7, 11) is 1.29. The standard InChI is InChI=1S/C11H8O4.C10H6O4.Li.2H2O/c1-13-11(12)5-3-8-2-4-9-10(6-8)15-7-14-9;11-10(12)4-2-7-1-3-8-9(5-7)14-6-13-8;;;/h2,4,6H,7H2,1H3;1,3,5H,6H2,(H,11,12);;2*1H2/q;;+1;;/p-1. The number of carboxylic acids is 1. The van der Waals surface area contributed by atoms with Crippen LogP contribution in [0.15, 0.2) is 36.4 Å². The summed E-state index contributed by atoms with van der Waals surface area (Å²) in [4.78, 5) is 20.9. The van der Waals surface area contributed by atoms with Crippen LogP contribution in [0.4, 0.5) is 0 Å². The summed E-state index contributed by atoms with van der Waals surface area (Å²) >= 11 is 0. The molecule has 4 rings (SSSR count). The number of hydrogen-bond acceptors (Lipinski definition) is 8. The van der Waals surface area contributed by atoms with Crippen LogP contribution in [0.3, 0.4) is 0 Å². The molecule has 0 saturated heterocycles. The Bertz CT molecular complexity index is 1080. The van der Waals surface area contributed by atoms with Crippen LogP contribution in [0.1, 0.15) is 11.1 Å². The van der Waals surface area contributed by atoms with Gasteiger partial charge in [-0.1, -0.05) is 11.8 Å². The number of carbonyl (C=O) groups is 2. The van der Waals surface area contributed by atoms with E-state index < -0.39 is 11.9 Å². The number of fused-ring (bicyclic) bond motifs is 2. The molecule has 0 amide bonds. The monoisotopic (exact) mass is 436 g/mol. The fourth-order valence-corrected chi connectivity index (χ4v) is 2.25. The number of rotatable bonds is 0. The number of carbonyl (C=O) groups excluding carboxylic acids is 1. The molecule has 32 heavy (non-hydrogen) atoms. The summed E-state index contributed by atoms with van der Waals surface area (Å²) in [5.41, 5.74) is 1.28. The molecule has 0 spiro atoms. The molecule has 2 heterocycles. The van der Waals surface area contributed by atoms with Gasteiger partial charge in [0.25, 0.3) is 0 Å². The van der Waals surface area contributed by atoms with Crippen molar-refractivity contribution in [3.63, 3.8) is 0 Å². The first-order valence-corrected chi connectivity index (χ1v) is 8.19. The van der Waals surface area contributed by atoms with Gasteiger partial charge >= 0.3 is 30.8 Å². The van der Waals surface area contributed by atoms with E-state index in [4.69, 9.17) is 24.1 Å². The van der Waals surface area contributed by atoms with E-state index in [1.807, 2.05) is 5.92 Å². The molecule has 0 aliphatic carbocycles. The van der Waals surface area contributed by atoms with Gasteiger partial charge in [-0.2, -0.15) is 0 Å². The summed E-state index contributed by atoms with van der Waals surface area (Å²) in [5, 5.41) is 8.34. The van der Waals surface area contributed by atoms with E-state index in [1.165, 1.54) is 7.11 Å². The molecular weight excluding hydrogens is 419 g/mol. The minimum atomic E-state index is -1.15. The van der Waals surface area contributed by atoms with Crippen molar-refractivity contribution in [2.45, 2.75) is 0 Å². The predicted octanol–water partition coefficient (Wildman–Crippen LogP) is -2.21. The molecule has 2 aliphatic rings. The molecule has 10 nitrogen and oxygen atoms in total. The van der Waals surface area contributed by atoms with Crippen LogP contribution in [0.25, 0.3) is 0 Å². The quantitative estimate of drug-likeness (QED) is 0.274. The molecule has 0 bridgehead atoms. The zero-order chi connectivity index (χ0) is 20.6. The minimum absolute atomic E-state index is 0. The van der Waals surface area contributed by atoms with E-state index in [9.17, 15) is 9.59 Å². The maximum Gasteiger partial charge on any atom is 1.00 e. The zero-order valence-electron chi connectivity index (χ0n) is 17.1. The average molecular weight is 436 g/mol. The molecular formula is C21H17LiO10. The first kappa shape index (κ1) is 28.2. The van der Waals surface area contributed by atoms with Gasteiger partial charge in [-0.15, -0.1) is 0 Å². The number of benzene rings is 2. The van der Waals surface area contributed by atoms with Crippen LogP contribution in [0.5, 0.6) is 23.0 Å². The molecule has 162 valence electrons. The van der Waals surface area contributed by atoms with Gasteiger partial charge in [-0.05, 0) is 36.4 Å². The summed E-state index contributed by atoms with van der Waals surface area (Å²) in [5.74, 6) is 10.4. The van der Waals surface area contributed by atoms with Gasteiger partial charge in [0, 0.05) is 23.0 Å². The van der Waals surface area contributed by atoms with Crippen molar-refractivity contribution in [2.24, 2.45) is 0 Å².